The number of carbonyl (C=O) groups is 1. The van der Waals surface area contributed by atoms with Crippen molar-refractivity contribution in [3.63, 3.8) is 0 Å². The fourth-order valence-electron chi connectivity index (χ4n) is 2.42. The van der Waals surface area contributed by atoms with E-state index in [9.17, 15) is 9.18 Å². The zero-order valence-electron chi connectivity index (χ0n) is 11.1. The molecule has 1 N–H and O–H groups in total. The lowest BCUT2D eigenvalue weighted by Gasteiger charge is -2.40. The molecule has 1 rings (SSSR count). The number of hydrogen-bond acceptors (Lipinski definition) is 2. The minimum atomic E-state index is -0.853. The van der Waals surface area contributed by atoms with Crippen LogP contribution in [0.15, 0.2) is 24.3 Å². The van der Waals surface area contributed by atoms with Crippen LogP contribution in [0.1, 0.15) is 32.8 Å². The van der Waals surface area contributed by atoms with Gasteiger partial charge in [-0.1, -0.05) is 26.0 Å². The summed E-state index contributed by atoms with van der Waals surface area (Å²) in [4.78, 5) is 13.2. The molecule has 1 aromatic rings. The van der Waals surface area contributed by atoms with Crippen LogP contribution in [0.3, 0.4) is 0 Å². The van der Waals surface area contributed by atoms with Gasteiger partial charge in [0.1, 0.15) is 5.82 Å². The van der Waals surface area contributed by atoms with E-state index < -0.39 is 11.5 Å². The number of carboxylic acid groups (broad SMARTS) is 1. The van der Waals surface area contributed by atoms with E-state index >= 15 is 0 Å². The standard InChI is InChI=1S/C14H20FNO2/c1-4-16(5-2)14(3,10-13(17)18)11-6-8-12(15)9-7-11/h6-9H,4-5,10H2,1-3H3,(H,17,18). The van der Waals surface area contributed by atoms with E-state index in [-0.39, 0.29) is 12.2 Å². The van der Waals surface area contributed by atoms with Gasteiger partial charge >= 0.3 is 5.97 Å². The zero-order valence-corrected chi connectivity index (χ0v) is 11.1. The number of halogens is 1. The van der Waals surface area contributed by atoms with E-state index in [1.807, 2.05) is 20.8 Å². The molecular weight excluding hydrogens is 233 g/mol. The van der Waals surface area contributed by atoms with E-state index in [1.54, 1.807) is 12.1 Å². The van der Waals surface area contributed by atoms with Gasteiger partial charge in [0.25, 0.3) is 0 Å². The lowest BCUT2D eigenvalue weighted by atomic mass is 9.86. The van der Waals surface area contributed by atoms with Crippen molar-refractivity contribution in [3.8, 4) is 0 Å². The van der Waals surface area contributed by atoms with E-state index in [0.29, 0.717) is 0 Å². The van der Waals surface area contributed by atoms with E-state index in [1.165, 1.54) is 12.1 Å². The molecule has 18 heavy (non-hydrogen) atoms. The predicted octanol–water partition coefficient (Wildman–Crippen LogP) is 2.86. The molecule has 0 aliphatic carbocycles. The minimum absolute atomic E-state index is 0.000310. The summed E-state index contributed by atoms with van der Waals surface area (Å²) in [7, 11) is 0. The highest BCUT2D eigenvalue weighted by molar-refractivity contribution is 5.68. The van der Waals surface area contributed by atoms with Crippen LogP contribution >= 0.6 is 0 Å². The van der Waals surface area contributed by atoms with Crippen LogP contribution in [0.5, 0.6) is 0 Å². The fraction of sp³-hybridized carbons (Fsp3) is 0.500. The second-order valence-electron chi connectivity index (χ2n) is 4.52. The molecule has 1 atom stereocenters. The van der Waals surface area contributed by atoms with Crippen LogP contribution < -0.4 is 0 Å². The molecule has 1 unspecified atom stereocenters. The van der Waals surface area contributed by atoms with Crippen molar-refractivity contribution in [2.75, 3.05) is 13.1 Å². The smallest absolute Gasteiger partial charge is 0.305 e. The molecule has 0 amide bonds. The molecule has 0 spiro atoms. The maximum absolute atomic E-state index is 13.0. The fourth-order valence-corrected chi connectivity index (χ4v) is 2.42. The van der Waals surface area contributed by atoms with Crippen LogP contribution in [0, 0.1) is 5.82 Å². The second-order valence-corrected chi connectivity index (χ2v) is 4.52. The minimum Gasteiger partial charge on any atom is -0.481 e. The lowest BCUT2D eigenvalue weighted by molar-refractivity contribution is -0.140. The van der Waals surface area contributed by atoms with Crippen molar-refractivity contribution in [1.29, 1.82) is 0 Å². The average Bonchev–Trinajstić information content (AvgIpc) is 2.30. The summed E-state index contributed by atoms with van der Waals surface area (Å²) in [5.41, 5.74) is 0.221. The Hall–Kier alpha value is -1.42. The average molecular weight is 253 g/mol. The van der Waals surface area contributed by atoms with Gasteiger partial charge in [0.05, 0.1) is 12.0 Å². The highest BCUT2D eigenvalue weighted by Crippen LogP contribution is 2.31. The van der Waals surface area contributed by atoms with Gasteiger partial charge in [-0.3, -0.25) is 9.69 Å². The number of hydrogen-bond donors (Lipinski definition) is 1. The highest BCUT2D eigenvalue weighted by atomic mass is 19.1. The lowest BCUT2D eigenvalue weighted by Crippen LogP contribution is -2.45. The quantitative estimate of drug-likeness (QED) is 0.847. The summed E-state index contributed by atoms with van der Waals surface area (Å²) in [6.07, 6.45) is 0.000310. The summed E-state index contributed by atoms with van der Waals surface area (Å²) in [6, 6.07) is 6.07. The molecule has 3 nitrogen and oxygen atoms in total. The summed E-state index contributed by atoms with van der Waals surface area (Å²) in [5.74, 6) is -1.16. The van der Waals surface area contributed by atoms with Crippen LogP contribution in [0.25, 0.3) is 0 Å². The molecular formula is C14H20FNO2. The summed E-state index contributed by atoms with van der Waals surface area (Å²) in [6.45, 7) is 7.37. The third-order valence-electron chi connectivity index (χ3n) is 3.42. The number of carboxylic acids is 1. The van der Waals surface area contributed by atoms with E-state index in [2.05, 4.69) is 4.90 Å². The Morgan fingerprint density at radius 3 is 2.17 bits per heavy atom. The van der Waals surface area contributed by atoms with Crippen LogP contribution in [0.4, 0.5) is 4.39 Å². The van der Waals surface area contributed by atoms with Gasteiger partial charge in [0.2, 0.25) is 0 Å². The molecule has 0 fully saturated rings. The summed E-state index contributed by atoms with van der Waals surface area (Å²) in [5, 5.41) is 9.10. The molecule has 0 radical (unpaired) electrons. The Bertz CT molecular complexity index is 401. The predicted molar refractivity (Wildman–Crippen MR) is 68.9 cm³/mol. The van der Waals surface area contributed by atoms with Gasteiger partial charge in [-0.25, -0.2) is 4.39 Å². The third kappa shape index (κ3) is 3.07. The second kappa shape index (κ2) is 5.96. The van der Waals surface area contributed by atoms with E-state index in [4.69, 9.17) is 5.11 Å². The maximum atomic E-state index is 13.0. The Balaban J connectivity index is 3.18. The molecule has 0 saturated carbocycles. The molecule has 0 bridgehead atoms. The number of aliphatic carboxylic acids is 1. The SMILES string of the molecule is CCN(CC)C(C)(CC(=O)O)c1ccc(F)cc1. The maximum Gasteiger partial charge on any atom is 0.305 e. The van der Waals surface area contributed by atoms with Gasteiger partial charge in [0, 0.05) is 0 Å². The molecule has 0 aliphatic heterocycles. The van der Waals surface area contributed by atoms with Gasteiger partial charge in [-0.05, 0) is 37.7 Å². The van der Waals surface area contributed by atoms with Crippen molar-refractivity contribution >= 4 is 5.97 Å². The van der Waals surface area contributed by atoms with Gasteiger partial charge in [0.15, 0.2) is 0 Å². The van der Waals surface area contributed by atoms with Crippen LogP contribution in [-0.4, -0.2) is 29.1 Å². The molecule has 100 valence electrons. The van der Waals surface area contributed by atoms with Crippen molar-refractivity contribution < 1.29 is 14.3 Å². The van der Waals surface area contributed by atoms with Crippen molar-refractivity contribution in [2.45, 2.75) is 32.7 Å². The topological polar surface area (TPSA) is 40.5 Å². The van der Waals surface area contributed by atoms with Gasteiger partial charge < -0.3 is 5.11 Å². The van der Waals surface area contributed by atoms with Crippen LogP contribution in [0.2, 0.25) is 0 Å². The first-order valence-corrected chi connectivity index (χ1v) is 6.17. The largest absolute Gasteiger partial charge is 0.481 e. The van der Waals surface area contributed by atoms with Gasteiger partial charge in [-0.2, -0.15) is 0 Å². The van der Waals surface area contributed by atoms with Crippen molar-refractivity contribution in [1.82, 2.24) is 4.90 Å². The van der Waals surface area contributed by atoms with Crippen molar-refractivity contribution in [3.05, 3.63) is 35.6 Å². The first kappa shape index (κ1) is 14.6. The zero-order chi connectivity index (χ0) is 13.8. The summed E-state index contributed by atoms with van der Waals surface area (Å²) < 4.78 is 13.0. The van der Waals surface area contributed by atoms with Crippen LogP contribution in [-0.2, 0) is 10.3 Å². The molecule has 0 heterocycles. The van der Waals surface area contributed by atoms with E-state index in [0.717, 1.165) is 18.7 Å². The Kier molecular flexibility index (Phi) is 4.84. The Morgan fingerprint density at radius 1 is 1.28 bits per heavy atom. The molecule has 0 aromatic heterocycles. The monoisotopic (exact) mass is 253 g/mol. The third-order valence-corrected chi connectivity index (χ3v) is 3.42. The first-order chi connectivity index (χ1) is 8.43. The highest BCUT2D eigenvalue weighted by Gasteiger charge is 2.34. The van der Waals surface area contributed by atoms with Crippen molar-refractivity contribution in [2.24, 2.45) is 0 Å². The number of rotatable bonds is 6. The number of benzene rings is 1. The molecule has 1 aromatic carbocycles. The molecule has 4 heteroatoms. The Labute approximate surface area is 107 Å². The first-order valence-electron chi connectivity index (χ1n) is 6.17. The van der Waals surface area contributed by atoms with Gasteiger partial charge in [-0.15, -0.1) is 0 Å². The number of nitrogens with zero attached hydrogens (tertiary/aromatic N) is 1. The molecule has 0 saturated heterocycles. The summed E-state index contributed by atoms with van der Waals surface area (Å²) >= 11 is 0. The molecule has 0 aliphatic rings. The Morgan fingerprint density at radius 2 is 1.78 bits per heavy atom. The normalized spacial score (nSPS) is 14.5.